The van der Waals surface area contributed by atoms with E-state index in [0.717, 1.165) is 6.07 Å². The minimum atomic E-state index is -2.16. The summed E-state index contributed by atoms with van der Waals surface area (Å²) in [5.74, 6) is -1.33. The van der Waals surface area contributed by atoms with E-state index in [1.54, 1.807) is 58.5 Å². The Labute approximate surface area is 149 Å². The molecule has 0 saturated carbocycles. The molecule has 1 aliphatic carbocycles. The lowest BCUT2D eigenvalue weighted by Gasteiger charge is -2.40. The van der Waals surface area contributed by atoms with Crippen molar-refractivity contribution in [1.29, 1.82) is 0 Å². The number of fused-ring (bicyclic) bond motifs is 1. The summed E-state index contributed by atoms with van der Waals surface area (Å²) < 4.78 is 64.3. The Hall–Kier alpha value is -1.77. The van der Waals surface area contributed by atoms with Crippen LogP contribution in [0.1, 0.15) is 62.6 Å². The molecule has 0 amide bonds. The third-order valence-electron chi connectivity index (χ3n) is 4.82. The second-order valence-corrected chi connectivity index (χ2v) is 7.68. The smallest absolute Gasteiger partial charge is 0.207 e. The van der Waals surface area contributed by atoms with Crippen molar-refractivity contribution < 1.29 is 18.8 Å². The van der Waals surface area contributed by atoms with Gasteiger partial charge in [-0.1, -0.05) is 27.7 Å². The van der Waals surface area contributed by atoms with Crippen molar-refractivity contribution in [3.63, 3.8) is 0 Å². The lowest BCUT2D eigenvalue weighted by Crippen LogP contribution is -2.40. The molecule has 0 N–H and O–H groups in total. The van der Waals surface area contributed by atoms with E-state index in [4.69, 9.17) is 5.48 Å². The number of nitrogens with zero attached hydrogens (tertiary/aromatic N) is 1. The van der Waals surface area contributed by atoms with Crippen LogP contribution in [0.15, 0.2) is 24.4 Å². The predicted molar refractivity (Wildman–Crippen MR) is 93.0 cm³/mol. The molecule has 0 saturated heterocycles. The summed E-state index contributed by atoms with van der Waals surface area (Å²) in [5.41, 5.74) is 0.255. The second kappa shape index (κ2) is 5.37. The monoisotopic (exact) mass is 334 g/mol. The van der Waals surface area contributed by atoms with Gasteiger partial charge in [0.15, 0.2) is 6.20 Å². The Morgan fingerprint density at radius 2 is 1.58 bits per heavy atom. The Bertz CT molecular complexity index is 958. The highest BCUT2D eigenvalue weighted by molar-refractivity contribution is 5.63. The summed E-state index contributed by atoms with van der Waals surface area (Å²) in [4.78, 5) is 0. The molecule has 1 aliphatic rings. The molecular weight excluding hydrogens is 304 g/mol. The van der Waals surface area contributed by atoms with Gasteiger partial charge in [0.2, 0.25) is 5.69 Å². The van der Waals surface area contributed by atoms with E-state index in [1.165, 1.54) is 6.07 Å². The van der Waals surface area contributed by atoms with Gasteiger partial charge in [-0.05, 0) is 47.7 Å². The number of hydrogen-bond donors (Lipinski definition) is 0. The molecule has 1 nitrogen and oxygen atoms in total. The third-order valence-corrected chi connectivity index (χ3v) is 4.82. The van der Waals surface area contributed by atoms with E-state index in [1.807, 2.05) is 0 Å². The van der Waals surface area contributed by atoms with Crippen molar-refractivity contribution in [1.82, 2.24) is 0 Å². The van der Waals surface area contributed by atoms with Crippen molar-refractivity contribution in [2.75, 3.05) is 0 Å². The Kier molecular flexibility index (Phi) is 2.81. The van der Waals surface area contributed by atoms with Gasteiger partial charge < -0.3 is 0 Å². The average molecular weight is 334 g/mol. The summed E-state index contributed by atoms with van der Waals surface area (Å²) in [6.45, 7) is 8.38. The third kappa shape index (κ3) is 2.64. The quantitative estimate of drug-likeness (QED) is 0.638. The number of rotatable bonds is 1. The lowest BCUT2D eigenvalue weighted by atomic mass is 9.63. The summed E-state index contributed by atoms with van der Waals surface area (Å²) in [7, 11) is 1.74. The van der Waals surface area contributed by atoms with Crippen LogP contribution in [0.2, 0.25) is 0 Å². The van der Waals surface area contributed by atoms with Crippen molar-refractivity contribution >= 4 is 0 Å². The maximum absolute atomic E-state index is 14.6. The summed E-state index contributed by atoms with van der Waals surface area (Å²) >= 11 is 0. The first-order chi connectivity index (χ1) is 12.6. The van der Waals surface area contributed by atoms with Gasteiger partial charge in [-0.15, -0.1) is 0 Å². The van der Waals surface area contributed by atoms with Gasteiger partial charge in [-0.3, -0.25) is 0 Å². The van der Waals surface area contributed by atoms with Crippen LogP contribution in [0.4, 0.5) is 8.78 Å². The van der Waals surface area contributed by atoms with Crippen LogP contribution >= 0.6 is 0 Å². The molecule has 1 heterocycles. The molecule has 128 valence electrons. The van der Waals surface area contributed by atoms with Gasteiger partial charge in [-0.2, -0.15) is 0 Å². The molecule has 0 bridgehead atoms. The fourth-order valence-electron chi connectivity index (χ4n) is 3.39. The van der Waals surface area contributed by atoms with Crippen LogP contribution in [-0.2, 0) is 17.9 Å². The van der Waals surface area contributed by atoms with E-state index in [2.05, 4.69) is 0 Å². The van der Waals surface area contributed by atoms with E-state index in [-0.39, 0.29) is 5.56 Å². The highest BCUT2D eigenvalue weighted by atomic mass is 19.1. The SMILES string of the molecule is [2H]C1([2H])C(C)(C)c2cc(-c3c(C)cc(F)cc3F)[n+](C)cc2C(C)(C)C1([2H])[2H]. The van der Waals surface area contributed by atoms with E-state index in [0.29, 0.717) is 22.4 Å². The maximum atomic E-state index is 14.6. The zero-order valence-electron chi connectivity index (χ0n) is 19.0. The van der Waals surface area contributed by atoms with Gasteiger partial charge >= 0.3 is 0 Å². The molecule has 0 spiro atoms. The Balaban J connectivity index is 2.41. The van der Waals surface area contributed by atoms with E-state index in [9.17, 15) is 8.78 Å². The predicted octanol–water partition coefficient (Wildman–Crippen LogP) is 5.11. The summed E-state index contributed by atoms with van der Waals surface area (Å²) in [6.07, 6.45) is -2.53. The highest BCUT2D eigenvalue weighted by Crippen LogP contribution is 2.46. The minimum absolute atomic E-state index is 0.259. The molecule has 0 fully saturated rings. The maximum Gasteiger partial charge on any atom is 0.215 e. The normalized spacial score (nSPS) is 25.0. The highest BCUT2D eigenvalue weighted by Gasteiger charge is 2.40. The number of halogens is 2. The van der Waals surface area contributed by atoms with Gasteiger partial charge in [0, 0.05) is 23.2 Å². The summed E-state index contributed by atoms with van der Waals surface area (Å²) in [6, 6.07) is 3.84. The first-order valence-electron chi connectivity index (χ1n) is 10.1. The van der Waals surface area contributed by atoms with Gasteiger partial charge in [0.1, 0.15) is 18.7 Å². The second-order valence-electron chi connectivity index (χ2n) is 7.68. The average Bonchev–Trinajstić information content (AvgIpc) is 2.53. The lowest BCUT2D eigenvalue weighted by molar-refractivity contribution is -0.661. The first kappa shape index (κ1) is 12.6. The molecule has 0 aliphatic heterocycles. The van der Waals surface area contributed by atoms with Crippen molar-refractivity contribution in [3.05, 3.63) is 52.7 Å². The van der Waals surface area contributed by atoms with Crippen LogP contribution in [0, 0.1) is 18.6 Å². The zero-order chi connectivity index (χ0) is 21.4. The molecule has 0 atom stereocenters. The van der Waals surface area contributed by atoms with Crippen LogP contribution < -0.4 is 4.57 Å². The molecule has 3 heteroatoms. The molecule has 0 unspecified atom stereocenters. The fourth-order valence-corrected chi connectivity index (χ4v) is 3.39. The molecule has 24 heavy (non-hydrogen) atoms. The number of hydrogen-bond acceptors (Lipinski definition) is 0. The standard InChI is InChI=1S/C21H26F2N/c1-13-9-14(22)10-17(23)19(13)18-11-15-16(12-24(18)6)21(4,5)8-7-20(15,2)3/h9-12H,7-8H2,1-6H3/q+1/i7D2,8D2. The molecule has 1 aromatic carbocycles. The number of aromatic nitrogens is 1. The Morgan fingerprint density at radius 3 is 2.17 bits per heavy atom. The largest absolute Gasteiger partial charge is 0.215 e. The van der Waals surface area contributed by atoms with Crippen LogP contribution in [0.25, 0.3) is 11.3 Å². The minimum Gasteiger partial charge on any atom is -0.207 e. The zero-order valence-corrected chi connectivity index (χ0v) is 15.0. The number of benzene rings is 1. The molecule has 0 radical (unpaired) electrons. The van der Waals surface area contributed by atoms with E-state index < -0.39 is 35.2 Å². The summed E-state index contributed by atoms with van der Waals surface area (Å²) in [5, 5.41) is 0. The molecule has 2 aromatic rings. The molecular formula is C21H26F2N+. The van der Waals surface area contributed by atoms with Crippen molar-refractivity contribution in [2.45, 2.75) is 58.2 Å². The van der Waals surface area contributed by atoms with E-state index >= 15 is 0 Å². The van der Waals surface area contributed by atoms with Gasteiger partial charge in [0.05, 0.1) is 5.56 Å². The number of pyridine rings is 1. The Morgan fingerprint density at radius 1 is 1.00 bits per heavy atom. The first-order valence-corrected chi connectivity index (χ1v) is 8.08. The van der Waals surface area contributed by atoms with Crippen molar-refractivity contribution in [2.24, 2.45) is 7.05 Å². The van der Waals surface area contributed by atoms with Crippen LogP contribution in [0.3, 0.4) is 0 Å². The van der Waals surface area contributed by atoms with Gasteiger partial charge in [-0.25, -0.2) is 13.3 Å². The molecule has 3 rings (SSSR count). The van der Waals surface area contributed by atoms with Crippen molar-refractivity contribution in [3.8, 4) is 11.3 Å². The van der Waals surface area contributed by atoms with Crippen LogP contribution in [-0.4, -0.2) is 0 Å². The van der Waals surface area contributed by atoms with Gasteiger partial charge in [0.25, 0.3) is 0 Å². The van der Waals surface area contributed by atoms with Crippen LogP contribution in [0.5, 0.6) is 0 Å². The number of aryl methyl sites for hydroxylation is 2. The topological polar surface area (TPSA) is 3.88 Å². The fraction of sp³-hybridized carbons (Fsp3) is 0.476. The molecule has 1 aromatic heterocycles.